The van der Waals surface area contributed by atoms with Gasteiger partial charge in [-0.1, -0.05) is 114 Å². The predicted octanol–water partition coefficient (Wildman–Crippen LogP) is 8.84. The number of hydrogen-bond donors (Lipinski definition) is 3. The largest absolute Gasteiger partial charge is 0.469 e. The third-order valence-electron chi connectivity index (χ3n) is 7.45. The van der Waals surface area contributed by atoms with Gasteiger partial charge in [0.25, 0.3) is 0 Å². The average Bonchev–Trinajstić information content (AvgIpc) is 3.02. The van der Waals surface area contributed by atoms with Gasteiger partial charge in [-0.2, -0.15) is 0 Å². The summed E-state index contributed by atoms with van der Waals surface area (Å²) in [4.78, 5) is 42.5. The molecule has 46 heavy (non-hydrogen) atoms. The van der Waals surface area contributed by atoms with E-state index >= 15 is 0 Å². The van der Waals surface area contributed by atoms with Gasteiger partial charge in [0.1, 0.15) is 6.61 Å². The van der Waals surface area contributed by atoms with Gasteiger partial charge >= 0.3 is 19.8 Å². The van der Waals surface area contributed by atoms with Crippen LogP contribution in [-0.4, -0.2) is 52.8 Å². The molecule has 10 heteroatoms. The van der Waals surface area contributed by atoms with E-state index in [0.29, 0.717) is 19.3 Å². The van der Waals surface area contributed by atoms with Crippen LogP contribution in [0.3, 0.4) is 0 Å². The van der Waals surface area contributed by atoms with Crippen molar-refractivity contribution < 1.29 is 43.0 Å². The number of allylic oxidation sites excluding steroid dienone is 8. The fraction of sp³-hybridized carbons (Fsp3) is 0.722. The van der Waals surface area contributed by atoms with Gasteiger partial charge in [-0.15, -0.1) is 0 Å². The third kappa shape index (κ3) is 33.3. The van der Waals surface area contributed by atoms with Crippen molar-refractivity contribution in [2.75, 3.05) is 19.8 Å². The van der Waals surface area contributed by atoms with E-state index in [1.165, 1.54) is 25.7 Å². The second kappa shape index (κ2) is 31.6. The predicted molar refractivity (Wildman–Crippen MR) is 185 cm³/mol. The summed E-state index contributed by atoms with van der Waals surface area (Å²) in [7, 11) is -4.77. The first-order valence-electron chi connectivity index (χ1n) is 17.4. The van der Waals surface area contributed by atoms with E-state index in [1.807, 2.05) is 12.2 Å². The summed E-state index contributed by atoms with van der Waals surface area (Å²) >= 11 is 0. The molecule has 1 unspecified atom stereocenters. The molecule has 2 atom stereocenters. The van der Waals surface area contributed by atoms with Crippen LogP contribution in [0.2, 0.25) is 0 Å². The van der Waals surface area contributed by atoms with E-state index in [2.05, 4.69) is 54.8 Å². The Balaban J connectivity index is 4.13. The summed E-state index contributed by atoms with van der Waals surface area (Å²) in [5.41, 5.74) is 0. The van der Waals surface area contributed by atoms with Crippen LogP contribution in [0.4, 0.5) is 0 Å². The minimum atomic E-state index is -4.77. The van der Waals surface area contributed by atoms with Crippen LogP contribution in [0.15, 0.2) is 48.6 Å². The van der Waals surface area contributed by atoms with E-state index in [1.54, 1.807) is 0 Å². The monoisotopic (exact) mass is 670 g/mol. The summed E-state index contributed by atoms with van der Waals surface area (Å²) in [6.07, 6.45) is 33.0. The zero-order valence-electron chi connectivity index (χ0n) is 28.6. The number of phosphoric acid groups is 1. The van der Waals surface area contributed by atoms with E-state index in [9.17, 15) is 14.2 Å². The van der Waals surface area contributed by atoms with Crippen molar-refractivity contribution in [3.8, 4) is 0 Å². The maximum absolute atomic E-state index is 12.3. The highest BCUT2D eigenvalue weighted by molar-refractivity contribution is 7.46. The highest BCUT2D eigenvalue weighted by atomic mass is 31.2. The lowest BCUT2D eigenvalue weighted by Gasteiger charge is -2.18. The van der Waals surface area contributed by atoms with Gasteiger partial charge in [-0.3, -0.25) is 14.1 Å². The average molecular weight is 671 g/mol. The number of carbonyl (C=O) groups excluding carboxylic acids is 2. The molecule has 0 bridgehead atoms. The zero-order chi connectivity index (χ0) is 34.1. The lowest BCUT2D eigenvalue weighted by Crippen LogP contribution is -2.29. The molecule has 0 amide bonds. The molecule has 0 aromatic carbocycles. The lowest BCUT2D eigenvalue weighted by molar-refractivity contribution is -0.161. The smallest absolute Gasteiger partial charge is 0.462 e. The molecule has 0 aliphatic carbocycles. The number of carbonyl (C=O) groups is 2. The van der Waals surface area contributed by atoms with Crippen molar-refractivity contribution in [3.63, 3.8) is 0 Å². The molecule has 0 spiro atoms. The minimum absolute atomic E-state index is 0.125. The maximum Gasteiger partial charge on any atom is 0.469 e. The van der Waals surface area contributed by atoms with Gasteiger partial charge in [0.05, 0.1) is 6.61 Å². The van der Waals surface area contributed by atoms with E-state index in [0.717, 1.165) is 70.1 Å². The van der Waals surface area contributed by atoms with Crippen LogP contribution < -0.4 is 0 Å². The minimum Gasteiger partial charge on any atom is -0.462 e. The van der Waals surface area contributed by atoms with Gasteiger partial charge in [0, 0.05) is 19.4 Å². The molecule has 266 valence electrons. The molecule has 0 fully saturated rings. The number of aliphatic hydroxyl groups excluding tert-OH is 1. The Morgan fingerprint density at radius 3 is 1.78 bits per heavy atom. The fourth-order valence-electron chi connectivity index (χ4n) is 4.44. The number of unbranched alkanes of at least 4 members (excludes halogenated alkanes) is 9. The molecule has 0 saturated carbocycles. The highest BCUT2D eigenvalue weighted by Crippen LogP contribution is 2.35. The van der Waals surface area contributed by atoms with Gasteiger partial charge in [-0.25, -0.2) is 4.57 Å². The molecule has 3 N–H and O–H groups in total. The number of aliphatic hydroxyl groups is 1. The Labute approximate surface area is 278 Å². The molecule has 0 aromatic rings. The quantitative estimate of drug-likeness (QED) is 0.0286. The molecule has 0 aliphatic heterocycles. The van der Waals surface area contributed by atoms with Crippen LogP contribution >= 0.6 is 7.82 Å². The van der Waals surface area contributed by atoms with Gasteiger partial charge in [-0.05, 0) is 63.7 Å². The summed E-state index contributed by atoms with van der Waals surface area (Å²) in [5.74, 6) is -0.194. The second-order valence-electron chi connectivity index (χ2n) is 11.8. The Hall–Kier alpha value is -2.03. The summed E-state index contributed by atoms with van der Waals surface area (Å²) < 4.78 is 26.1. The third-order valence-corrected chi connectivity index (χ3v) is 7.93. The fourth-order valence-corrected chi connectivity index (χ4v) is 4.80. The second-order valence-corrected chi connectivity index (χ2v) is 13.1. The van der Waals surface area contributed by atoms with Crippen LogP contribution in [0.25, 0.3) is 0 Å². The molecule has 0 aliphatic rings. The van der Waals surface area contributed by atoms with Crippen LogP contribution in [0.5, 0.6) is 0 Å². The molecule has 0 saturated heterocycles. The van der Waals surface area contributed by atoms with Crippen molar-refractivity contribution in [2.24, 2.45) is 5.92 Å². The zero-order valence-corrected chi connectivity index (χ0v) is 29.5. The number of hydrogen-bond acceptors (Lipinski definition) is 7. The lowest BCUT2D eigenvalue weighted by atomic mass is 10.00. The van der Waals surface area contributed by atoms with Crippen molar-refractivity contribution in [3.05, 3.63) is 48.6 Å². The van der Waals surface area contributed by atoms with Crippen LogP contribution in [0.1, 0.15) is 136 Å². The first-order valence-corrected chi connectivity index (χ1v) is 19.0. The van der Waals surface area contributed by atoms with E-state index in [4.69, 9.17) is 24.4 Å². The number of esters is 2. The van der Waals surface area contributed by atoms with E-state index in [-0.39, 0.29) is 26.1 Å². The maximum atomic E-state index is 12.3. The number of ether oxygens (including phenoxy) is 2. The SMILES string of the molecule is CCC(C)CCCCCCCCC(=O)OC[C@H](COP(=O)(O)O)OC(=O)CCC/C=C\C/C=C\C/C=C\C/C=C\CCCCCO. The van der Waals surface area contributed by atoms with Crippen molar-refractivity contribution in [1.29, 1.82) is 0 Å². The standard InChI is InChI=1S/C36H63O9P/c1-3-33(2)27-23-19-16-17-20-24-28-35(38)43-31-34(32-44-46(40,41)42)45-36(39)29-25-21-15-13-11-9-7-5-4-6-8-10-12-14-18-22-26-30-37/h4,6-7,9-10,12-13,15,33-34,37H,3,5,8,11,14,16-32H2,1-2H3,(H2,40,41,42)/b6-4-,9-7-,12-10-,15-13-/t33?,34-/m1/s1. The summed E-state index contributed by atoms with van der Waals surface area (Å²) in [6.45, 7) is 3.89. The number of rotatable bonds is 31. The van der Waals surface area contributed by atoms with E-state index < -0.39 is 32.5 Å². The Morgan fingerprint density at radius 1 is 0.674 bits per heavy atom. The van der Waals surface area contributed by atoms with Crippen molar-refractivity contribution in [2.45, 2.75) is 142 Å². The molecule has 0 radical (unpaired) electrons. The Bertz CT molecular complexity index is 907. The Morgan fingerprint density at radius 2 is 1.20 bits per heavy atom. The van der Waals surface area contributed by atoms with Gasteiger partial charge in [0.2, 0.25) is 0 Å². The summed E-state index contributed by atoms with van der Waals surface area (Å²) in [5, 5.41) is 8.76. The normalized spacial score (nSPS) is 13.8. The van der Waals surface area contributed by atoms with Crippen LogP contribution in [-0.2, 0) is 28.2 Å². The topological polar surface area (TPSA) is 140 Å². The Kier molecular flexibility index (Phi) is 30.2. The van der Waals surface area contributed by atoms with Crippen molar-refractivity contribution >= 4 is 19.8 Å². The molecule has 9 nitrogen and oxygen atoms in total. The van der Waals surface area contributed by atoms with Gasteiger partial charge in [0.15, 0.2) is 6.10 Å². The molecular formula is C36H63O9P. The first kappa shape index (κ1) is 44.0. The summed E-state index contributed by atoms with van der Waals surface area (Å²) in [6, 6.07) is 0. The molecule has 0 heterocycles. The van der Waals surface area contributed by atoms with Crippen molar-refractivity contribution in [1.82, 2.24) is 0 Å². The molecule has 0 aromatic heterocycles. The number of phosphoric ester groups is 1. The molecule has 0 rings (SSSR count). The highest BCUT2D eigenvalue weighted by Gasteiger charge is 2.22. The first-order chi connectivity index (χ1) is 22.2. The molecular weight excluding hydrogens is 607 g/mol. The van der Waals surface area contributed by atoms with Gasteiger partial charge < -0.3 is 24.4 Å². The van der Waals surface area contributed by atoms with Crippen LogP contribution in [0, 0.1) is 5.92 Å².